The number of para-hydroxylation sites is 1. The lowest BCUT2D eigenvalue weighted by Gasteiger charge is -2.11. The summed E-state index contributed by atoms with van der Waals surface area (Å²) in [7, 11) is 1.65. The van der Waals surface area contributed by atoms with Crippen molar-refractivity contribution < 1.29 is 9.53 Å². The number of methoxy groups -OCH3 is 1. The molecule has 0 saturated carbocycles. The zero-order chi connectivity index (χ0) is 19.8. The molecular weight excluding hydrogens is 350 g/mol. The van der Waals surface area contributed by atoms with Crippen LogP contribution in [-0.2, 0) is 13.0 Å². The van der Waals surface area contributed by atoms with Crippen LogP contribution in [0.15, 0.2) is 66.9 Å². The van der Waals surface area contributed by atoms with Gasteiger partial charge in [-0.25, -0.2) is 0 Å². The van der Waals surface area contributed by atoms with E-state index in [-0.39, 0.29) is 5.91 Å². The Labute approximate surface area is 165 Å². The number of hydrogen-bond donors (Lipinski definition) is 2. The predicted molar refractivity (Wildman–Crippen MR) is 112 cm³/mol. The summed E-state index contributed by atoms with van der Waals surface area (Å²) in [5, 5.41) is 6.28. The smallest absolute Gasteiger partial charge is 0.269 e. The highest BCUT2D eigenvalue weighted by molar-refractivity contribution is 5.93. The number of carbonyl (C=O) groups is 1. The van der Waals surface area contributed by atoms with Gasteiger partial charge >= 0.3 is 0 Å². The molecule has 1 aromatic heterocycles. The van der Waals surface area contributed by atoms with E-state index in [1.165, 1.54) is 11.1 Å². The Kier molecular flexibility index (Phi) is 6.63. The van der Waals surface area contributed by atoms with Gasteiger partial charge in [-0.1, -0.05) is 42.5 Å². The van der Waals surface area contributed by atoms with Crippen LogP contribution < -0.4 is 15.4 Å². The molecule has 0 aliphatic heterocycles. The molecule has 0 bridgehead atoms. The fourth-order valence-corrected chi connectivity index (χ4v) is 2.98. The monoisotopic (exact) mass is 375 g/mol. The molecule has 0 fully saturated rings. The predicted octanol–water partition coefficient (Wildman–Crippen LogP) is 3.98. The van der Waals surface area contributed by atoms with Crippen molar-refractivity contribution in [3.05, 3.63) is 89.2 Å². The third kappa shape index (κ3) is 5.10. The molecule has 2 N–H and O–H groups in total. The summed E-state index contributed by atoms with van der Waals surface area (Å²) < 4.78 is 5.34. The molecule has 3 aromatic rings. The van der Waals surface area contributed by atoms with Crippen LogP contribution in [0.3, 0.4) is 0 Å². The first kappa shape index (κ1) is 19.4. The molecule has 0 radical (unpaired) electrons. The summed E-state index contributed by atoms with van der Waals surface area (Å²) in [6.07, 6.45) is 2.34. The number of rotatable bonds is 8. The lowest BCUT2D eigenvalue weighted by atomic mass is 10.1. The van der Waals surface area contributed by atoms with Crippen LogP contribution in [0, 0.1) is 6.92 Å². The molecule has 3 rings (SSSR count). The Bertz CT molecular complexity index is 940. The van der Waals surface area contributed by atoms with E-state index < -0.39 is 0 Å². The standard InChI is InChI=1S/C23H25N3O2/c1-17-7-3-4-9-19(17)16-26-20-12-14-24-21(15-20)23(27)25-13-11-18-8-5-6-10-22(18)28-2/h3-10,12,14-15H,11,13,16H2,1-2H3,(H,24,26)(H,25,27). The fraction of sp³-hybridized carbons (Fsp3) is 0.217. The summed E-state index contributed by atoms with van der Waals surface area (Å²) in [6.45, 7) is 3.30. The topological polar surface area (TPSA) is 63.2 Å². The summed E-state index contributed by atoms with van der Waals surface area (Å²) in [6, 6.07) is 19.7. The van der Waals surface area contributed by atoms with Crippen LogP contribution in [0.5, 0.6) is 5.75 Å². The third-order valence-corrected chi connectivity index (χ3v) is 4.61. The second-order valence-electron chi connectivity index (χ2n) is 6.53. The van der Waals surface area contributed by atoms with Crippen LogP contribution in [0.2, 0.25) is 0 Å². The number of ether oxygens (including phenoxy) is 1. The lowest BCUT2D eigenvalue weighted by Crippen LogP contribution is -2.26. The minimum absolute atomic E-state index is 0.186. The van der Waals surface area contributed by atoms with Crippen LogP contribution in [0.25, 0.3) is 0 Å². The summed E-state index contributed by atoms with van der Waals surface area (Å²) in [5.41, 5.74) is 4.79. The number of anilines is 1. The number of amides is 1. The van der Waals surface area contributed by atoms with Crippen molar-refractivity contribution in [2.45, 2.75) is 19.9 Å². The summed E-state index contributed by atoms with van der Waals surface area (Å²) in [4.78, 5) is 16.6. The van der Waals surface area contributed by atoms with Crippen LogP contribution in [0.4, 0.5) is 5.69 Å². The third-order valence-electron chi connectivity index (χ3n) is 4.61. The number of aromatic nitrogens is 1. The first-order valence-corrected chi connectivity index (χ1v) is 9.32. The van der Waals surface area contributed by atoms with Gasteiger partial charge in [-0.2, -0.15) is 0 Å². The molecule has 144 valence electrons. The van der Waals surface area contributed by atoms with E-state index in [0.717, 1.165) is 17.0 Å². The fourth-order valence-electron chi connectivity index (χ4n) is 2.98. The minimum Gasteiger partial charge on any atom is -0.496 e. The highest BCUT2D eigenvalue weighted by Gasteiger charge is 2.09. The number of aryl methyl sites for hydroxylation is 1. The van der Waals surface area contributed by atoms with Crippen molar-refractivity contribution in [1.29, 1.82) is 0 Å². The Morgan fingerprint density at radius 1 is 1.04 bits per heavy atom. The second-order valence-corrected chi connectivity index (χ2v) is 6.53. The average Bonchev–Trinajstić information content (AvgIpc) is 2.73. The van der Waals surface area contributed by atoms with Crippen LogP contribution in [0.1, 0.15) is 27.2 Å². The van der Waals surface area contributed by atoms with E-state index in [1.807, 2.05) is 42.5 Å². The minimum atomic E-state index is -0.186. The highest BCUT2D eigenvalue weighted by Crippen LogP contribution is 2.17. The molecule has 1 heterocycles. The van der Waals surface area contributed by atoms with E-state index in [2.05, 4.69) is 34.7 Å². The number of nitrogens with one attached hydrogen (secondary N) is 2. The number of carbonyl (C=O) groups excluding carboxylic acids is 1. The Morgan fingerprint density at radius 3 is 2.57 bits per heavy atom. The van der Waals surface area contributed by atoms with Crippen molar-refractivity contribution in [3.8, 4) is 5.75 Å². The molecule has 5 heteroatoms. The maximum Gasteiger partial charge on any atom is 0.269 e. The molecule has 0 aliphatic rings. The second kappa shape index (κ2) is 9.55. The van der Waals surface area contributed by atoms with E-state index in [1.54, 1.807) is 19.4 Å². The van der Waals surface area contributed by atoms with Gasteiger partial charge in [0.25, 0.3) is 5.91 Å². The lowest BCUT2D eigenvalue weighted by molar-refractivity contribution is 0.0949. The van der Waals surface area contributed by atoms with E-state index in [0.29, 0.717) is 25.2 Å². The molecule has 1 amide bonds. The van der Waals surface area contributed by atoms with Gasteiger partial charge in [-0.3, -0.25) is 9.78 Å². The molecule has 0 saturated heterocycles. The van der Waals surface area contributed by atoms with Gasteiger partial charge in [-0.15, -0.1) is 0 Å². The Hall–Kier alpha value is -3.34. The van der Waals surface area contributed by atoms with E-state index in [9.17, 15) is 4.79 Å². The van der Waals surface area contributed by atoms with Crippen LogP contribution >= 0.6 is 0 Å². The molecule has 0 spiro atoms. The maximum atomic E-state index is 12.4. The van der Waals surface area contributed by atoms with E-state index >= 15 is 0 Å². The van der Waals surface area contributed by atoms with Gasteiger partial charge in [0.1, 0.15) is 11.4 Å². The number of benzene rings is 2. The van der Waals surface area contributed by atoms with Gasteiger partial charge in [0.2, 0.25) is 0 Å². The molecule has 5 nitrogen and oxygen atoms in total. The van der Waals surface area contributed by atoms with Gasteiger partial charge in [0, 0.05) is 25.0 Å². The zero-order valence-electron chi connectivity index (χ0n) is 16.2. The Balaban J connectivity index is 1.55. The first-order chi connectivity index (χ1) is 13.7. The number of nitrogens with zero attached hydrogens (tertiary/aromatic N) is 1. The van der Waals surface area contributed by atoms with Crippen molar-refractivity contribution in [2.75, 3.05) is 19.0 Å². The molecular formula is C23H25N3O2. The maximum absolute atomic E-state index is 12.4. The normalized spacial score (nSPS) is 10.4. The van der Waals surface area contributed by atoms with Gasteiger partial charge < -0.3 is 15.4 Å². The van der Waals surface area contributed by atoms with Crippen molar-refractivity contribution >= 4 is 11.6 Å². The van der Waals surface area contributed by atoms with Gasteiger partial charge in [0.15, 0.2) is 0 Å². The van der Waals surface area contributed by atoms with E-state index in [4.69, 9.17) is 4.74 Å². The van der Waals surface area contributed by atoms with Crippen molar-refractivity contribution in [2.24, 2.45) is 0 Å². The van der Waals surface area contributed by atoms with Crippen molar-refractivity contribution in [1.82, 2.24) is 10.3 Å². The summed E-state index contributed by atoms with van der Waals surface area (Å²) >= 11 is 0. The highest BCUT2D eigenvalue weighted by atomic mass is 16.5. The zero-order valence-corrected chi connectivity index (χ0v) is 16.2. The summed E-state index contributed by atoms with van der Waals surface area (Å²) in [5.74, 6) is 0.645. The quantitative estimate of drug-likeness (QED) is 0.625. The average molecular weight is 375 g/mol. The Morgan fingerprint density at radius 2 is 1.79 bits per heavy atom. The molecule has 0 aliphatic carbocycles. The number of pyridine rings is 1. The first-order valence-electron chi connectivity index (χ1n) is 9.32. The van der Waals surface area contributed by atoms with Gasteiger partial charge in [-0.05, 0) is 48.2 Å². The van der Waals surface area contributed by atoms with Crippen LogP contribution in [-0.4, -0.2) is 24.5 Å². The number of hydrogen-bond acceptors (Lipinski definition) is 4. The molecule has 28 heavy (non-hydrogen) atoms. The molecule has 0 unspecified atom stereocenters. The molecule has 2 aromatic carbocycles. The van der Waals surface area contributed by atoms with Gasteiger partial charge in [0.05, 0.1) is 7.11 Å². The largest absolute Gasteiger partial charge is 0.496 e. The van der Waals surface area contributed by atoms with Crippen molar-refractivity contribution in [3.63, 3.8) is 0 Å². The molecule has 0 atom stereocenters. The SMILES string of the molecule is COc1ccccc1CCNC(=O)c1cc(NCc2ccccc2C)ccn1.